The van der Waals surface area contributed by atoms with E-state index >= 15 is 0 Å². The fourth-order valence-electron chi connectivity index (χ4n) is 1.31. The van der Waals surface area contributed by atoms with Crippen molar-refractivity contribution in [2.75, 3.05) is 12.4 Å². The molecule has 1 N–H and O–H groups in total. The average molecular weight is 273 g/mol. The van der Waals surface area contributed by atoms with Crippen LogP contribution < -0.4 is 5.32 Å². The molecule has 0 bridgehead atoms. The molecule has 0 aliphatic carbocycles. The van der Waals surface area contributed by atoms with Crippen molar-refractivity contribution in [2.45, 2.75) is 5.16 Å². The summed E-state index contributed by atoms with van der Waals surface area (Å²) >= 11 is 0. The van der Waals surface area contributed by atoms with Gasteiger partial charge in [-0.25, -0.2) is 8.42 Å². The molecule has 0 saturated heterocycles. The first-order chi connectivity index (χ1) is 8.02. The molecule has 0 amide bonds. The zero-order valence-corrected chi connectivity index (χ0v) is 10.4. The lowest BCUT2D eigenvalue weighted by Crippen LogP contribution is -2.02. The molecule has 0 fully saturated rings. The maximum atomic E-state index is 11.1. The molecule has 0 aliphatic heterocycles. The van der Waals surface area contributed by atoms with Crippen LogP contribution in [0.2, 0.25) is 0 Å². The number of rotatable bonds is 3. The second-order valence-corrected chi connectivity index (χ2v) is 5.61. The van der Waals surface area contributed by atoms with Gasteiger partial charge >= 0.3 is 0 Å². The van der Waals surface area contributed by atoms with Crippen LogP contribution in [0.25, 0.3) is 5.69 Å². The number of hydrogen-bond donors (Lipinski definition) is 1. The van der Waals surface area contributed by atoms with E-state index < -0.39 is 14.2 Å². The van der Waals surface area contributed by atoms with Crippen molar-refractivity contribution in [1.29, 1.82) is 0 Å². The molecule has 1 aromatic carbocycles. The van der Waals surface area contributed by atoms with Gasteiger partial charge in [-0.2, -0.15) is 9.67 Å². The Kier molecular flexibility index (Phi) is 3.03. The highest BCUT2D eigenvalue weighted by molar-refractivity contribution is 8.13. The minimum absolute atomic E-state index is 0.301. The number of hydrogen-bond acceptors (Lipinski definition) is 5. The van der Waals surface area contributed by atoms with E-state index in [-0.39, 0.29) is 0 Å². The van der Waals surface area contributed by atoms with Gasteiger partial charge in [0.25, 0.3) is 14.2 Å². The van der Waals surface area contributed by atoms with Crippen LogP contribution in [0, 0.1) is 0 Å². The minimum Gasteiger partial charge on any atom is -0.357 e. The third kappa shape index (κ3) is 2.40. The van der Waals surface area contributed by atoms with E-state index in [1.165, 1.54) is 4.68 Å². The summed E-state index contributed by atoms with van der Waals surface area (Å²) in [6.45, 7) is 0. The molecule has 17 heavy (non-hydrogen) atoms. The van der Waals surface area contributed by atoms with Crippen molar-refractivity contribution in [3.63, 3.8) is 0 Å². The predicted octanol–water partition coefficient (Wildman–Crippen LogP) is 1.24. The van der Waals surface area contributed by atoms with Crippen molar-refractivity contribution < 1.29 is 8.42 Å². The second kappa shape index (κ2) is 4.34. The Morgan fingerprint density at radius 3 is 2.47 bits per heavy atom. The molecule has 0 radical (unpaired) electrons. The molecule has 1 aromatic heterocycles. The first kappa shape index (κ1) is 11.9. The van der Waals surface area contributed by atoms with Crippen LogP contribution in [0.1, 0.15) is 0 Å². The molecule has 2 rings (SSSR count). The lowest BCUT2D eigenvalue weighted by Gasteiger charge is -2.03. The Morgan fingerprint density at radius 1 is 1.29 bits per heavy atom. The van der Waals surface area contributed by atoms with E-state index in [1.807, 2.05) is 18.2 Å². The smallest absolute Gasteiger partial charge is 0.298 e. The molecule has 0 saturated carbocycles. The van der Waals surface area contributed by atoms with Crippen LogP contribution in [0.15, 0.2) is 35.5 Å². The third-order valence-corrected chi connectivity index (χ3v) is 3.05. The van der Waals surface area contributed by atoms with Gasteiger partial charge in [-0.3, -0.25) is 0 Å². The van der Waals surface area contributed by atoms with Gasteiger partial charge in [0, 0.05) is 17.7 Å². The van der Waals surface area contributed by atoms with Crippen LogP contribution in [0.4, 0.5) is 5.95 Å². The Hall–Kier alpha value is -1.60. The monoisotopic (exact) mass is 272 g/mol. The lowest BCUT2D eigenvalue weighted by atomic mass is 10.3. The number of halogens is 1. The SMILES string of the molecule is CNc1nc(S(=O)(=O)Cl)nn1-c1ccccc1. The van der Waals surface area contributed by atoms with Crippen molar-refractivity contribution in [3.8, 4) is 5.69 Å². The van der Waals surface area contributed by atoms with Gasteiger partial charge in [0.05, 0.1) is 5.69 Å². The average Bonchev–Trinajstić information content (AvgIpc) is 2.73. The van der Waals surface area contributed by atoms with Crippen molar-refractivity contribution in [1.82, 2.24) is 14.8 Å². The van der Waals surface area contributed by atoms with Gasteiger partial charge in [0.2, 0.25) is 5.95 Å². The molecule has 90 valence electrons. The van der Waals surface area contributed by atoms with Gasteiger partial charge in [-0.05, 0) is 12.1 Å². The summed E-state index contributed by atoms with van der Waals surface area (Å²) in [5.41, 5.74) is 0.691. The Morgan fingerprint density at radius 2 is 1.94 bits per heavy atom. The number of nitrogens with zero attached hydrogens (tertiary/aromatic N) is 3. The van der Waals surface area contributed by atoms with Crippen LogP contribution in [-0.2, 0) is 9.05 Å². The largest absolute Gasteiger partial charge is 0.357 e. The van der Waals surface area contributed by atoms with Crippen molar-refractivity contribution in [2.24, 2.45) is 0 Å². The maximum Gasteiger partial charge on any atom is 0.298 e. The summed E-state index contributed by atoms with van der Waals surface area (Å²) in [4.78, 5) is 3.80. The van der Waals surface area contributed by atoms with E-state index in [1.54, 1.807) is 19.2 Å². The van der Waals surface area contributed by atoms with Crippen LogP contribution in [0.5, 0.6) is 0 Å². The van der Waals surface area contributed by atoms with E-state index in [0.29, 0.717) is 11.6 Å². The molecule has 2 aromatic rings. The van der Waals surface area contributed by atoms with Crippen molar-refractivity contribution >= 4 is 25.7 Å². The molecular formula is C9H9ClN4O2S. The topological polar surface area (TPSA) is 76.9 Å². The molecule has 6 nitrogen and oxygen atoms in total. The fraction of sp³-hybridized carbons (Fsp3) is 0.111. The van der Waals surface area contributed by atoms with Gasteiger partial charge < -0.3 is 5.32 Å². The standard InChI is InChI=1S/C9H9ClN4O2S/c1-11-8-12-9(17(10,15)16)13-14(8)7-5-3-2-4-6-7/h2-6H,1H3,(H,11,12,13). The van der Waals surface area contributed by atoms with Crippen LogP contribution in [-0.4, -0.2) is 30.2 Å². The summed E-state index contributed by atoms with van der Waals surface area (Å²) in [5, 5.41) is 6.17. The lowest BCUT2D eigenvalue weighted by molar-refractivity contribution is 0.600. The van der Waals surface area contributed by atoms with Gasteiger partial charge in [0.15, 0.2) is 0 Å². The number of benzene rings is 1. The van der Waals surface area contributed by atoms with Crippen LogP contribution in [0.3, 0.4) is 0 Å². The predicted molar refractivity (Wildman–Crippen MR) is 63.9 cm³/mol. The summed E-state index contributed by atoms with van der Waals surface area (Å²) in [6, 6.07) is 9.02. The fourth-order valence-corrected chi connectivity index (χ4v) is 1.88. The zero-order chi connectivity index (χ0) is 12.5. The van der Waals surface area contributed by atoms with E-state index in [0.717, 1.165) is 0 Å². The van der Waals surface area contributed by atoms with Gasteiger partial charge in [-0.1, -0.05) is 18.2 Å². The highest BCUT2D eigenvalue weighted by Crippen LogP contribution is 2.17. The Bertz CT molecular complexity index is 624. The van der Waals surface area contributed by atoms with Crippen LogP contribution >= 0.6 is 10.7 Å². The quantitative estimate of drug-likeness (QED) is 0.851. The zero-order valence-electron chi connectivity index (χ0n) is 8.83. The summed E-state index contributed by atoms with van der Waals surface area (Å²) in [5.74, 6) is 0.301. The summed E-state index contributed by atoms with van der Waals surface area (Å²) in [6.07, 6.45) is 0. The number of nitrogens with one attached hydrogen (secondary N) is 1. The Balaban J connectivity index is 2.59. The third-order valence-electron chi connectivity index (χ3n) is 2.03. The number of anilines is 1. The summed E-state index contributed by atoms with van der Waals surface area (Å²) < 4.78 is 23.7. The number of para-hydroxylation sites is 1. The molecule has 1 heterocycles. The first-order valence-electron chi connectivity index (χ1n) is 4.67. The first-order valence-corrected chi connectivity index (χ1v) is 6.98. The molecular weight excluding hydrogens is 264 g/mol. The van der Waals surface area contributed by atoms with E-state index in [4.69, 9.17) is 10.7 Å². The molecule has 0 aliphatic rings. The van der Waals surface area contributed by atoms with Gasteiger partial charge in [-0.15, -0.1) is 5.10 Å². The normalized spacial score (nSPS) is 11.4. The number of aromatic nitrogens is 3. The molecule has 0 atom stereocenters. The molecule has 0 spiro atoms. The second-order valence-electron chi connectivity index (χ2n) is 3.15. The van der Waals surface area contributed by atoms with Crippen molar-refractivity contribution in [3.05, 3.63) is 30.3 Å². The van der Waals surface area contributed by atoms with E-state index in [9.17, 15) is 8.42 Å². The maximum absolute atomic E-state index is 11.1. The highest BCUT2D eigenvalue weighted by Gasteiger charge is 2.20. The van der Waals surface area contributed by atoms with E-state index in [2.05, 4.69) is 15.4 Å². The minimum atomic E-state index is -3.93. The Labute approximate surface area is 103 Å². The van der Waals surface area contributed by atoms with Gasteiger partial charge in [0.1, 0.15) is 0 Å². The summed E-state index contributed by atoms with van der Waals surface area (Å²) in [7, 11) is 2.88. The highest BCUT2D eigenvalue weighted by atomic mass is 35.7. The molecule has 0 unspecified atom stereocenters. The molecule has 8 heteroatoms.